The first-order chi connectivity index (χ1) is 9.24. The quantitative estimate of drug-likeness (QED) is 0.802. The number of nitrogens with zero attached hydrogens (tertiary/aromatic N) is 1. The average molecular weight is 255 g/mol. The highest BCUT2D eigenvalue weighted by Crippen LogP contribution is 2.07. The molecule has 1 amide bonds. The van der Waals surface area contributed by atoms with Gasteiger partial charge in [-0.05, 0) is 35.7 Å². The fourth-order valence-electron chi connectivity index (χ4n) is 1.73. The number of nitrogens with two attached hydrogens (primary N) is 1. The Hall–Kier alpha value is -2.36. The number of pyridine rings is 1. The van der Waals surface area contributed by atoms with Gasteiger partial charge in [-0.15, -0.1) is 0 Å². The van der Waals surface area contributed by atoms with Gasteiger partial charge in [0.2, 0.25) is 5.91 Å². The molecule has 1 aromatic carbocycles. The van der Waals surface area contributed by atoms with Crippen LogP contribution >= 0.6 is 0 Å². The lowest BCUT2D eigenvalue weighted by molar-refractivity contribution is -0.121. The zero-order chi connectivity index (χ0) is 13.5. The van der Waals surface area contributed by atoms with Crippen molar-refractivity contribution < 1.29 is 4.79 Å². The van der Waals surface area contributed by atoms with Crippen LogP contribution in [0.3, 0.4) is 0 Å². The van der Waals surface area contributed by atoms with Gasteiger partial charge in [0.15, 0.2) is 0 Å². The smallest absolute Gasteiger partial charge is 0.220 e. The third-order valence-electron chi connectivity index (χ3n) is 2.83. The minimum Gasteiger partial charge on any atom is -0.399 e. The van der Waals surface area contributed by atoms with Gasteiger partial charge in [-0.25, -0.2) is 0 Å². The summed E-state index contributed by atoms with van der Waals surface area (Å²) in [6, 6.07) is 11.4. The summed E-state index contributed by atoms with van der Waals surface area (Å²) in [5.41, 5.74) is 8.47. The lowest BCUT2D eigenvalue weighted by Crippen LogP contribution is -2.23. The van der Waals surface area contributed by atoms with E-state index in [-0.39, 0.29) is 5.91 Å². The van der Waals surface area contributed by atoms with E-state index in [0.29, 0.717) is 13.0 Å². The molecule has 0 radical (unpaired) electrons. The normalized spacial score (nSPS) is 10.1. The molecule has 0 aliphatic rings. The van der Waals surface area contributed by atoms with E-state index in [1.165, 1.54) is 0 Å². The summed E-state index contributed by atoms with van der Waals surface area (Å²) >= 11 is 0. The van der Waals surface area contributed by atoms with E-state index < -0.39 is 0 Å². The predicted octanol–water partition coefficient (Wildman–Crippen LogP) is 1.91. The molecule has 1 aromatic heterocycles. The van der Waals surface area contributed by atoms with Crippen molar-refractivity contribution in [3.05, 3.63) is 59.9 Å². The number of aromatic nitrogens is 1. The maximum Gasteiger partial charge on any atom is 0.220 e. The third kappa shape index (κ3) is 4.43. The number of aryl methyl sites for hydroxylation is 1. The first-order valence-electron chi connectivity index (χ1n) is 6.24. The van der Waals surface area contributed by atoms with E-state index in [0.717, 1.165) is 23.2 Å². The molecule has 0 saturated heterocycles. The SMILES string of the molecule is Nc1ccc(CCC(=O)NCc2cccnc2)cc1. The standard InChI is InChI=1S/C15H17N3O/c16-14-6-3-12(4-7-14)5-8-15(19)18-11-13-2-1-9-17-10-13/h1-4,6-7,9-10H,5,8,11,16H2,(H,18,19). The topological polar surface area (TPSA) is 68.0 Å². The molecule has 0 bridgehead atoms. The fourth-order valence-corrected chi connectivity index (χ4v) is 1.73. The molecule has 98 valence electrons. The molecular weight excluding hydrogens is 238 g/mol. The van der Waals surface area contributed by atoms with Crippen LogP contribution in [0.5, 0.6) is 0 Å². The molecule has 0 fully saturated rings. The Labute approximate surface area is 112 Å². The van der Waals surface area contributed by atoms with Gasteiger partial charge >= 0.3 is 0 Å². The van der Waals surface area contributed by atoms with Crippen LogP contribution in [0.1, 0.15) is 17.5 Å². The molecule has 0 atom stereocenters. The average Bonchev–Trinajstić information content (AvgIpc) is 2.45. The van der Waals surface area contributed by atoms with Crippen LogP contribution in [0.25, 0.3) is 0 Å². The minimum absolute atomic E-state index is 0.0423. The molecule has 4 nitrogen and oxygen atoms in total. The van der Waals surface area contributed by atoms with Crippen molar-refractivity contribution in [2.75, 3.05) is 5.73 Å². The lowest BCUT2D eigenvalue weighted by atomic mass is 10.1. The molecule has 0 saturated carbocycles. The number of rotatable bonds is 5. The second kappa shape index (κ2) is 6.54. The van der Waals surface area contributed by atoms with Crippen molar-refractivity contribution in [2.24, 2.45) is 0 Å². The monoisotopic (exact) mass is 255 g/mol. The van der Waals surface area contributed by atoms with Gasteiger partial charge < -0.3 is 11.1 Å². The van der Waals surface area contributed by atoms with Crippen molar-refractivity contribution in [2.45, 2.75) is 19.4 Å². The second-order valence-corrected chi connectivity index (χ2v) is 4.38. The molecule has 0 spiro atoms. The maximum atomic E-state index is 11.7. The maximum absolute atomic E-state index is 11.7. The molecule has 0 unspecified atom stereocenters. The number of anilines is 1. The zero-order valence-corrected chi connectivity index (χ0v) is 10.7. The Kier molecular flexibility index (Phi) is 4.50. The van der Waals surface area contributed by atoms with Crippen molar-refractivity contribution in [3.63, 3.8) is 0 Å². The van der Waals surface area contributed by atoms with Gasteiger partial charge in [0, 0.05) is 31.0 Å². The fraction of sp³-hybridized carbons (Fsp3) is 0.200. The molecular formula is C15H17N3O. The molecule has 4 heteroatoms. The second-order valence-electron chi connectivity index (χ2n) is 4.38. The number of hydrogen-bond donors (Lipinski definition) is 2. The summed E-state index contributed by atoms with van der Waals surface area (Å²) < 4.78 is 0. The van der Waals surface area contributed by atoms with E-state index in [2.05, 4.69) is 10.3 Å². The van der Waals surface area contributed by atoms with Crippen LogP contribution < -0.4 is 11.1 Å². The van der Waals surface area contributed by atoms with Gasteiger partial charge in [-0.2, -0.15) is 0 Å². The van der Waals surface area contributed by atoms with E-state index in [1.807, 2.05) is 36.4 Å². The number of carbonyl (C=O) groups excluding carboxylic acids is 1. The Morgan fingerprint density at radius 3 is 2.63 bits per heavy atom. The van der Waals surface area contributed by atoms with Crippen LogP contribution in [-0.2, 0) is 17.8 Å². The number of hydrogen-bond acceptors (Lipinski definition) is 3. The Morgan fingerprint density at radius 1 is 1.16 bits per heavy atom. The highest BCUT2D eigenvalue weighted by Gasteiger charge is 2.02. The summed E-state index contributed by atoms with van der Waals surface area (Å²) in [5.74, 6) is 0.0423. The third-order valence-corrected chi connectivity index (χ3v) is 2.83. The molecule has 0 aliphatic heterocycles. The summed E-state index contributed by atoms with van der Waals surface area (Å²) in [6.07, 6.45) is 4.66. The number of nitrogens with one attached hydrogen (secondary N) is 1. The van der Waals surface area contributed by atoms with Crippen LogP contribution in [0.2, 0.25) is 0 Å². The Morgan fingerprint density at radius 2 is 1.95 bits per heavy atom. The van der Waals surface area contributed by atoms with Crippen LogP contribution in [-0.4, -0.2) is 10.9 Å². The van der Waals surface area contributed by atoms with Crippen molar-refractivity contribution in [1.29, 1.82) is 0 Å². The number of carbonyl (C=O) groups is 1. The highest BCUT2D eigenvalue weighted by molar-refractivity contribution is 5.76. The Bertz CT molecular complexity index is 523. The predicted molar refractivity (Wildman–Crippen MR) is 75.3 cm³/mol. The van der Waals surface area contributed by atoms with Crippen molar-refractivity contribution in [3.8, 4) is 0 Å². The lowest BCUT2D eigenvalue weighted by Gasteiger charge is -2.05. The molecule has 3 N–H and O–H groups in total. The molecule has 0 aliphatic carbocycles. The van der Waals surface area contributed by atoms with E-state index in [9.17, 15) is 4.79 Å². The molecule has 2 aromatic rings. The van der Waals surface area contributed by atoms with E-state index in [1.54, 1.807) is 12.4 Å². The minimum atomic E-state index is 0.0423. The first-order valence-corrected chi connectivity index (χ1v) is 6.24. The van der Waals surface area contributed by atoms with Gasteiger partial charge in [0.25, 0.3) is 0 Å². The van der Waals surface area contributed by atoms with E-state index in [4.69, 9.17) is 5.73 Å². The Balaban J connectivity index is 1.74. The van der Waals surface area contributed by atoms with Gasteiger partial charge in [0.1, 0.15) is 0 Å². The largest absolute Gasteiger partial charge is 0.399 e. The summed E-state index contributed by atoms with van der Waals surface area (Å²) in [5, 5.41) is 2.88. The van der Waals surface area contributed by atoms with Crippen LogP contribution in [0.15, 0.2) is 48.8 Å². The molecule has 1 heterocycles. The van der Waals surface area contributed by atoms with Crippen molar-refractivity contribution in [1.82, 2.24) is 10.3 Å². The summed E-state index contributed by atoms with van der Waals surface area (Å²) in [4.78, 5) is 15.7. The molecule has 19 heavy (non-hydrogen) atoms. The zero-order valence-electron chi connectivity index (χ0n) is 10.7. The molecule has 2 rings (SSSR count). The number of amides is 1. The summed E-state index contributed by atoms with van der Waals surface area (Å²) in [6.45, 7) is 0.522. The van der Waals surface area contributed by atoms with Gasteiger partial charge in [-0.3, -0.25) is 9.78 Å². The summed E-state index contributed by atoms with van der Waals surface area (Å²) in [7, 11) is 0. The van der Waals surface area contributed by atoms with Gasteiger partial charge in [0.05, 0.1) is 0 Å². The van der Waals surface area contributed by atoms with Crippen molar-refractivity contribution >= 4 is 11.6 Å². The number of nitrogen functional groups attached to an aromatic ring is 1. The van der Waals surface area contributed by atoms with Gasteiger partial charge in [-0.1, -0.05) is 18.2 Å². The van der Waals surface area contributed by atoms with E-state index >= 15 is 0 Å². The van der Waals surface area contributed by atoms with Crippen LogP contribution in [0.4, 0.5) is 5.69 Å². The van der Waals surface area contributed by atoms with Crippen LogP contribution in [0, 0.1) is 0 Å². The number of benzene rings is 1. The first kappa shape index (κ1) is 13.1. The highest BCUT2D eigenvalue weighted by atomic mass is 16.1.